The first-order valence-corrected chi connectivity index (χ1v) is 16.7. The molecule has 0 bridgehead atoms. The van der Waals surface area contributed by atoms with Crippen molar-refractivity contribution < 1.29 is 33.3 Å². The van der Waals surface area contributed by atoms with E-state index in [9.17, 15) is 19.2 Å². The van der Waals surface area contributed by atoms with Crippen LogP contribution in [0.25, 0.3) is 22.5 Å². The molecule has 5 rings (SSSR count). The number of nitrogens with zero attached hydrogens (tertiary/aromatic N) is 4. The number of methoxy groups -OCH3 is 1. The molecule has 1 atom stereocenters. The molecule has 2 N–H and O–H groups in total. The fourth-order valence-electron chi connectivity index (χ4n) is 5.48. The number of hydrogen-bond acceptors (Lipinski definition) is 10. The first-order chi connectivity index (χ1) is 24.0. The van der Waals surface area contributed by atoms with Gasteiger partial charge in [-0.15, -0.1) is 0 Å². The largest absolute Gasteiger partial charge is 0.447 e. The fraction of sp³-hybridized carbons (Fsp3) is 0.389. The van der Waals surface area contributed by atoms with Crippen LogP contribution in [0.4, 0.5) is 25.9 Å². The molecular formula is C36H41ClN6O8. The molecule has 51 heavy (non-hydrogen) atoms. The molecule has 0 fully saturated rings. The Hall–Kier alpha value is -5.21. The van der Waals surface area contributed by atoms with Crippen molar-refractivity contribution >= 4 is 41.4 Å². The number of aromatic amines is 1. The second-order valence-electron chi connectivity index (χ2n) is 13.8. The van der Waals surface area contributed by atoms with Crippen LogP contribution in [0.2, 0.25) is 5.02 Å². The van der Waals surface area contributed by atoms with Crippen LogP contribution in [0.1, 0.15) is 65.4 Å². The zero-order valence-corrected chi connectivity index (χ0v) is 30.3. The number of imidazole rings is 1. The van der Waals surface area contributed by atoms with Gasteiger partial charge in [-0.05, 0) is 96.3 Å². The summed E-state index contributed by atoms with van der Waals surface area (Å²) in [5.74, 6) is 0.848. The third-order valence-corrected chi connectivity index (χ3v) is 7.77. The monoisotopic (exact) mass is 720 g/mol. The summed E-state index contributed by atoms with van der Waals surface area (Å²) in [5, 5.41) is 2.89. The SMILES string of the molecule is COCCOC(=O)Nc1ccc(-c2ncc(C3CCc4cc(-c5cc(Cl)ccc5N(C(=O)OC(C)(C)C)C(=O)OC(C)(C)C)cc(=O)n43)[nH]2)cn1. The molecule has 1 unspecified atom stereocenters. The third kappa shape index (κ3) is 9.13. The fourth-order valence-corrected chi connectivity index (χ4v) is 5.66. The van der Waals surface area contributed by atoms with E-state index in [4.69, 9.17) is 30.5 Å². The Morgan fingerprint density at radius 1 is 0.941 bits per heavy atom. The summed E-state index contributed by atoms with van der Waals surface area (Å²) in [7, 11) is 1.51. The zero-order valence-electron chi connectivity index (χ0n) is 29.5. The topological polar surface area (TPSA) is 167 Å². The number of halogens is 1. The van der Waals surface area contributed by atoms with Crippen molar-refractivity contribution in [1.29, 1.82) is 0 Å². The van der Waals surface area contributed by atoms with Gasteiger partial charge in [0.1, 0.15) is 29.5 Å². The number of H-pyrrole nitrogens is 1. The minimum absolute atomic E-state index is 0.118. The molecule has 4 heterocycles. The van der Waals surface area contributed by atoms with E-state index in [1.54, 1.807) is 82.8 Å². The van der Waals surface area contributed by atoms with Crippen LogP contribution in [0.5, 0.6) is 0 Å². The van der Waals surface area contributed by atoms with Gasteiger partial charge in [0.25, 0.3) is 5.56 Å². The van der Waals surface area contributed by atoms with Crippen molar-refractivity contribution in [1.82, 2.24) is 19.5 Å². The average Bonchev–Trinajstić information content (AvgIpc) is 3.69. The quantitative estimate of drug-likeness (QED) is 0.139. The van der Waals surface area contributed by atoms with Crippen LogP contribution in [0.15, 0.2) is 59.7 Å². The summed E-state index contributed by atoms with van der Waals surface area (Å²) in [4.78, 5) is 65.6. The molecule has 270 valence electrons. The third-order valence-electron chi connectivity index (χ3n) is 7.54. The molecule has 4 aromatic rings. The lowest BCUT2D eigenvalue weighted by atomic mass is 10.0. The Bertz CT molecular complexity index is 1950. The maximum Gasteiger partial charge on any atom is 0.424 e. The molecule has 0 aliphatic carbocycles. The van der Waals surface area contributed by atoms with Crippen molar-refractivity contribution in [2.75, 3.05) is 30.5 Å². The maximum atomic E-state index is 13.8. The number of ether oxygens (including phenoxy) is 4. The zero-order chi connectivity index (χ0) is 37.1. The van der Waals surface area contributed by atoms with Gasteiger partial charge in [-0.2, -0.15) is 4.90 Å². The molecule has 15 heteroatoms. The van der Waals surface area contributed by atoms with Crippen molar-refractivity contribution in [3.8, 4) is 22.5 Å². The highest BCUT2D eigenvalue weighted by molar-refractivity contribution is 6.31. The number of fused-ring (bicyclic) bond motifs is 1. The number of pyridine rings is 2. The van der Waals surface area contributed by atoms with E-state index in [0.29, 0.717) is 46.2 Å². The van der Waals surface area contributed by atoms with Crippen LogP contribution >= 0.6 is 11.6 Å². The highest BCUT2D eigenvalue weighted by atomic mass is 35.5. The van der Waals surface area contributed by atoms with E-state index in [1.165, 1.54) is 19.2 Å². The molecule has 0 saturated heterocycles. The number of hydrogen-bond donors (Lipinski definition) is 2. The minimum Gasteiger partial charge on any atom is -0.447 e. The van der Waals surface area contributed by atoms with Gasteiger partial charge in [0.2, 0.25) is 0 Å². The molecule has 1 aromatic carbocycles. The molecule has 3 aromatic heterocycles. The van der Waals surface area contributed by atoms with Crippen LogP contribution in [-0.4, -0.2) is 69.3 Å². The molecule has 14 nitrogen and oxygen atoms in total. The Labute approximate surface area is 300 Å². The lowest BCUT2D eigenvalue weighted by Crippen LogP contribution is -2.44. The van der Waals surface area contributed by atoms with Crippen molar-refractivity contribution in [3.05, 3.63) is 81.6 Å². The first-order valence-electron chi connectivity index (χ1n) is 16.3. The second-order valence-corrected chi connectivity index (χ2v) is 14.3. The Balaban J connectivity index is 1.43. The normalized spacial score (nSPS) is 14.1. The predicted molar refractivity (Wildman–Crippen MR) is 191 cm³/mol. The number of benzene rings is 1. The van der Waals surface area contributed by atoms with Gasteiger partial charge in [0.05, 0.1) is 30.2 Å². The number of aryl methyl sites for hydroxylation is 1. The number of carbonyl (C=O) groups excluding carboxylic acids is 3. The number of amides is 3. The van der Waals surface area contributed by atoms with Gasteiger partial charge in [-0.3, -0.25) is 10.1 Å². The van der Waals surface area contributed by atoms with Crippen molar-refractivity contribution in [2.24, 2.45) is 0 Å². The lowest BCUT2D eigenvalue weighted by Gasteiger charge is -2.29. The molecule has 0 saturated carbocycles. The Morgan fingerprint density at radius 2 is 1.65 bits per heavy atom. The Kier molecular flexibility index (Phi) is 10.9. The minimum atomic E-state index is -0.935. The number of nitrogens with one attached hydrogen (secondary N) is 2. The van der Waals surface area contributed by atoms with E-state index < -0.39 is 29.5 Å². The molecule has 0 spiro atoms. The summed E-state index contributed by atoms with van der Waals surface area (Å²) < 4.78 is 22.7. The van der Waals surface area contributed by atoms with E-state index in [0.717, 1.165) is 16.3 Å². The maximum absolute atomic E-state index is 13.8. The smallest absolute Gasteiger partial charge is 0.424 e. The van der Waals surface area contributed by atoms with Gasteiger partial charge < -0.3 is 28.5 Å². The summed E-state index contributed by atoms with van der Waals surface area (Å²) in [5.41, 5.74) is 1.04. The average molecular weight is 721 g/mol. The van der Waals surface area contributed by atoms with Gasteiger partial charge in [0, 0.05) is 41.2 Å². The molecule has 1 aliphatic heterocycles. The van der Waals surface area contributed by atoms with E-state index in [1.807, 2.05) is 6.07 Å². The van der Waals surface area contributed by atoms with Crippen LogP contribution < -0.4 is 15.8 Å². The van der Waals surface area contributed by atoms with Gasteiger partial charge in [0.15, 0.2) is 0 Å². The number of rotatable bonds is 8. The highest BCUT2D eigenvalue weighted by Gasteiger charge is 2.35. The summed E-state index contributed by atoms with van der Waals surface area (Å²) >= 11 is 6.43. The van der Waals surface area contributed by atoms with E-state index in [-0.39, 0.29) is 30.5 Å². The summed E-state index contributed by atoms with van der Waals surface area (Å²) in [6.07, 6.45) is 1.93. The van der Waals surface area contributed by atoms with Gasteiger partial charge in [-0.1, -0.05) is 11.6 Å². The van der Waals surface area contributed by atoms with Crippen LogP contribution in [0.3, 0.4) is 0 Å². The number of aromatic nitrogens is 4. The summed E-state index contributed by atoms with van der Waals surface area (Å²) in [6, 6.07) is 11.0. The van der Waals surface area contributed by atoms with Crippen LogP contribution in [-0.2, 0) is 25.4 Å². The van der Waals surface area contributed by atoms with E-state index in [2.05, 4.69) is 20.3 Å². The molecule has 1 aliphatic rings. The van der Waals surface area contributed by atoms with Crippen LogP contribution in [0, 0.1) is 0 Å². The number of carbonyl (C=O) groups is 3. The molecule has 0 radical (unpaired) electrons. The standard InChI is InChI=1S/C36H41ClN6O8/c1-35(2,3)50-33(46)43(34(47)51-36(4,5)6)27-11-9-23(37)18-25(27)22-16-24-10-12-28(42(24)30(44)17-22)26-20-39-31(40-26)21-8-13-29(38-19-21)41-32(45)49-15-14-48-7/h8-9,11,13,16-20,28H,10,12,14-15H2,1-7H3,(H,39,40)(H,38,41,45). The van der Waals surface area contributed by atoms with Crippen molar-refractivity contribution in [2.45, 2.75) is 71.6 Å². The lowest BCUT2D eigenvalue weighted by molar-refractivity contribution is 0.0430. The first kappa shape index (κ1) is 37.1. The number of imide groups is 1. The molecular weight excluding hydrogens is 680 g/mol. The van der Waals surface area contributed by atoms with Gasteiger partial charge in [-0.25, -0.2) is 24.4 Å². The van der Waals surface area contributed by atoms with Gasteiger partial charge >= 0.3 is 18.3 Å². The second kappa shape index (κ2) is 15.0. The predicted octanol–water partition coefficient (Wildman–Crippen LogP) is 7.36. The van der Waals surface area contributed by atoms with E-state index >= 15 is 0 Å². The summed E-state index contributed by atoms with van der Waals surface area (Å²) in [6.45, 7) is 10.6. The van der Waals surface area contributed by atoms with Crippen molar-refractivity contribution in [3.63, 3.8) is 0 Å². The number of anilines is 2. The molecule has 3 amide bonds. The Morgan fingerprint density at radius 3 is 2.27 bits per heavy atom. The highest BCUT2D eigenvalue weighted by Crippen LogP contribution is 2.38.